The average Bonchev–Trinajstić information content (AvgIpc) is 2.53. The van der Waals surface area contributed by atoms with Crippen LogP contribution in [0.2, 0.25) is 0 Å². The van der Waals surface area contributed by atoms with Gasteiger partial charge < -0.3 is 0 Å². The zero-order valence-electron chi connectivity index (χ0n) is 7.90. The zero-order chi connectivity index (χ0) is 9.42. The Labute approximate surface area is 80.8 Å². The second-order valence-electron chi connectivity index (χ2n) is 3.36. The van der Waals surface area contributed by atoms with Crippen molar-refractivity contribution in [3.8, 4) is 0 Å². The summed E-state index contributed by atoms with van der Waals surface area (Å²) in [6.07, 6.45) is 0. The summed E-state index contributed by atoms with van der Waals surface area (Å²) in [6, 6.07) is 0. The van der Waals surface area contributed by atoms with Crippen LogP contribution >= 0.6 is 11.3 Å². The van der Waals surface area contributed by atoms with E-state index in [0.29, 0.717) is 5.92 Å². The molecule has 0 N–H and O–H groups in total. The molecule has 3 nitrogen and oxygen atoms in total. The number of rotatable bonds is 1. The molecule has 0 aromatic carbocycles. The van der Waals surface area contributed by atoms with Gasteiger partial charge in [0.05, 0.1) is 21.6 Å². The number of thiazole rings is 1. The largest absolute Gasteiger partial charge is 0.243 e. The first-order valence-electron chi connectivity index (χ1n) is 4.26. The molecule has 4 heteroatoms. The molecule has 0 aliphatic carbocycles. The Morgan fingerprint density at radius 3 is 2.77 bits per heavy atom. The lowest BCUT2D eigenvalue weighted by Gasteiger charge is -2.04. The van der Waals surface area contributed by atoms with Crippen LogP contribution < -0.4 is 0 Å². The maximum absolute atomic E-state index is 4.32. The van der Waals surface area contributed by atoms with E-state index in [-0.39, 0.29) is 0 Å². The van der Waals surface area contributed by atoms with Crippen molar-refractivity contribution in [3.05, 3.63) is 16.9 Å². The van der Waals surface area contributed by atoms with Gasteiger partial charge >= 0.3 is 0 Å². The average molecular weight is 193 g/mol. The van der Waals surface area contributed by atoms with Crippen LogP contribution in [0.3, 0.4) is 0 Å². The molecule has 68 valence electrons. The summed E-state index contributed by atoms with van der Waals surface area (Å²) in [4.78, 5) is 4.32. The van der Waals surface area contributed by atoms with Crippen LogP contribution in [0.25, 0.3) is 10.2 Å². The molecule has 2 rings (SSSR count). The van der Waals surface area contributed by atoms with Gasteiger partial charge in [-0.2, -0.15) is 10.2 Å². The van der Waals surface area contributed by atoms with Crippen LogP contribution in [0, 0.1) is 6.92 Å². The lowest BCUT2D eigenvalue weighted by Crippen LogP contribution is -1.98. The number of nitrogens with zero attached hydrogens (tertiary/aromatic N) is 3. The summed E-state index contributed by atoms with van der Waals surface area (Å²) in [6.45, 7) is 6.19. The third-order valence-electron chi connectivity index (χ3n) is 1.99. The van der Waals surface area contributed by atoms with Crippen molar-refractivity contribution in [3.63, 3.8) is 0 Å². The fourth-order valence-corrected chi connectivity index (χ4v) is 2.04. The number of fused-ring (bicyclic) bond motifs is 1. The predicted octanol–water partition coefficient (Wildman–Crippen LogP) is 2.52. The van der Waals surface area contributed by atoms with Gasteiger partial charge in [-0.25, -0.2) is 4.98 Å². The number of hydrogen-bond donors (Lipinski definition) is 0. The van der Waals surface area contributed by atoms with Crippen molar-refractivity contribution in [2.45, 2.75) is 26.7 Å². The molecular weight excluding hydrogens is 182 g/mol. The van der Waals surface area contributed by atoms with Gasteiger partial charge in [-0.15, -0.1) is 11.3 Å². The predicted molar refractivity (Wildman–Crippen MR) is 54.0 cm³/mol. The highest BCUT2D eigenvalue weighted by Crippen LogP contribution is 2.25. The normalized spacial score (nSPS) is 11.4. The minimum absolute atomic E-state index is 0.387. The zero-order valence-corrected chi connectivity index (χ0v) is 8.72. The van der Waals surface area contributed by atoms with E-state index in [1.54, 1.807) is 11.3 Å². The minimum atomic E-state index is 0.387. The van der Waals surface area contributed by atoms with Gasteiger partial charge in [-0.3, -0.25) is 0 Å². The van der Waals surface area contributed by atoms with E-state index in [1.165, 1.54) is 4.70 Å². The number of hydrogen-bond acceptors (Lipinski definition) is 4. The van der Waals surface area contributed by atoms with Gasteiger partial charge in [0.2, 0.25) is 0 Å². The first kappa shape index (κ1) is 8.56. The molecular formula is C9H11N3S. The molecule has 0 bridgehead atoms. The molecule has 0 atom stereocenters. The molecule has 0 amide bonds. The third-order valence-corrected chi connectivity index (χ3v) is 2.93. The fourth-order valence-electron chi connectivity index (χ4n) is 1.30. The van der Waals surface area contributed by atoms with Crippen molar-refractivity contribution >= 4 is 21.6 Å². The quantitative estimate of drug-likeness (QED) is 0.698. The van der Waals surface area contributed by atoms with Crippen LogP contribution in [0.5, 0.6) is 0 Å². The van der Waals surface area contributed by atoms with Crippen LogP contribution in [0.4, 0.5) is 0 Å². The first-order chi connectivity index (χ1) is 6.20. The lowest BCUT2D eigenvalue weighted by atomic mass is 10.1. The molecule has 0 spiro atoms. The maximum atomic E-state index is 4.32. The minimum Gasteiger partial charge on any atom is -0.243 e. The van der Waals surface area contributed by atoms with Crippen LogP contribution in [0.15, 0.2) is 5.51 Å². The van der Waals surface area contributed by atoms with Gasteiger partial charge in [0.25, 0.3) is 0 Å². The molecule has 0 aliphatic rings. The summed E-state index contributed by atoms with van der Waals surface area (Å²) in [5.41, 5.74) is 4.85. The standard InChI is InChI=1S/C9H11N3S/c1-5(2)7-8-9(13-4-10-8)6(3)11-12-7/h4-5H,1-3H3. The third kappa shape index (κ3) is 1.31. The van der Waals surface area contributed by atoms with Crippen LogP contribution in [-0.4, -0.2) is 15.2 Å². The molecule has 2 heterocycles. The Balaban J connectivity index is 2.78. The number of aromatic nitrogens is 3. The molecule has 0 saturated carbocycles. The topological polar surface area (TPSA) is 38.7 Å². The van der Waals surface area contributed by atoms with Gasteiger partial charge in [0.1, 0.15) is 5.52 Å². The van der Waals surface area contributed by atoms with Crippen molar-refractivity contribution < 1.29 is 0 Å². The molecule has 0 aliphatic heterocycles. The second-order valence-corrected chi connectivity index (χ2v) is 4.21. The highest BCUT2D eigenvalue weighted by atomic mass is 32.1. The first-order valence-corrected chi connectivity index (χ1v) is 5.14. The second kappa shape index (κ2) is 3.03. The van der Waals surface area contributed by atoms with Gasteiger partial charge in [0, 0.05) is 0 Å². The van der Waals surface area contributed by atoms with E-state index in [4.69, 9.17) is 0 Å². The Hall–Kier alpha value is -1.03. The summed E-state index contributed by atoms with van der Waals surface area (Å²) in [7, 11) is 0. The molecule has 0 saturated heterocycles. The Kier molecular flexibility index (Phi) is 2.00. The molecule has 2 aromatic rings. The van der Waals surface area contributed by atoms with E-state index in [2.05, 4.69) is 29.0 Å². The molecule has 0 unspecified atom stereocenters. The maximum Gasteiger partial charge on any atom is 0.107 e. The highest BCUT2D eigenvalue weighted by molar-refractivity contribution is 7.16. The van der Waals surface area contributed by atoms with Crippen molar-refractivity contribution in [1.82, 2.24) is 15.2 Å². The summed E-state index contributed by atoms with van der Waals surface area (Å²) >= 11 is 1.63. The lowest BCUT2D eigenvalue weighted by molar-refractivity contribution is 0.790. The smallest absolute Gasteiger partial charge is 0.107 e. The van der Waals surface area contributed by atoms with Gasteiger partial charge in [-0.1, -0.05) is 13.8 Å². The van der Waals surface area contributed by atoms with Gasteiger partial charge in [0.15, 0.2) is 0 Å². The van der Waals surface area contributed by atoms with E-state index >= 15 is 0 Å². The van der Waals surface area contributed by atoms with Gasteiger partial charge in [-0.05, 0) is 12.8 Å². The fraction of sp³-hybridized carbons (Fsp3) is 0.444. The van der Waals surface area contributed by atoms with E-state index < -0.39 is 0 Å². The summed E-state index contributed by atoms with van der Waals surface area (Å²) < 4.78 is 1.17. The molecule has 0 fully saturated rings. The Morgan fingerprint density at radius 1 is 1.31 bits per heavy atom. The number of aryl methyl sites for hydroxylation is 1. The van der Waals surface area contributed by atoms with Crippen molar-refractivity contribution in [2.75, 3.05) is 0 Å². The summed E-state index contributed by atoms with van der Waals surface area (Å²) in [5, 5.41) is 8.29. The summed E-state index contributed by atoms with van der Waals surface area (Å²) in [5.74, 6) is 0.387. The van der Waals surface area contributed by atoms with Crippen molar-refractivity contribution in [1.29, 1.82) is 0 Å². The van der Waals surface area contributed by atoms with Crippen LogP contribution in [-0.2, 0) is 0 Å². The van der Waals surface area contributed by atoms with Crippen molar-refractivity contribution in [2.24, 2.45) is 0 Å². The Morgan fingerprint density at radius 2 is 2.08 bits per heavy atom. The highest BCUT2D eigenvalue weighted by Gasteiger charge is 2.11. The monoisotopic (exact) mass is 193 g/mol. The molecule has 0 radical (unpaired) electrons. The SMILES string of the molecule is Cc1nnc(C(C)C)c2ncsc12. The van der Waals surface area contributed by atoms with E-state index in [0.717, 1.165) is 16.9 Å². The van der Waals surface area contributed by atoms with E-state index in [9.17, 15) is 0 Å². The Bertz CT molecular complexity index is 433. The molecule has 13 heavy (non-hydrogen) atoms. The molecule has 2 aromatic heterocycles. The van der Waals surface area contributed by atoms with E-state index in [1.807, 2.05) is 12.4 Å². The van der Waals surface area contributed by atoms with Crippen LogP contribution in [0.1, 0.15) is 31.2 Å².